The summed E-state index contributed by atoms with van der Waals surface area (Å²) in [6, 6.07) is 4.35. The minimum absolute atomic E-state index is 0.179. The summed E-state index contributed by atoms with van der Waals surface area (Å²) in [5.74, 6) is -0.574. The average molecular weight is 390 g/mol. The van der Waals surface area contributed by atoms with Gasteiger partial charge in [-0.15, -0.1) is 5.10 Å². The van der Waals surface area contributed by atoms with Crippen LogP contribution >= 0.6 is 11.5 Å². The van der Waals surface area contributed by atoms with Crippen LogP contribution in [0.25, 0.3) is 0 Å². The van der Waals surface area contributed by atoms with Crippen molar-refractivity contribution in [1.82, 2.24) is 24.8 Å². The molecule has 0 saturated carbocycles. The molecular weight excluding hydrogens is 362 g/mol. The van der Waals surface area contributed by atoms with Gasteiger partial charge in [0.15, 0.2) is 11.7 Å². The number of rotatable bonds is 8. The maximum atomic E-state index is 13.3. The normalized spacial score (nSPS) is 13.7. The highest BCUT2D eigenvalue weighted by Crippen LogP contribution is 2.26. The Morgan fingerprint density at radius 3 is 2.56 bits per heavy atom. The van der Waals surface area contributed by atoms with E-state index in [0.717, 1.165) is 18.0 Å². The van der Waals surface area contributed by atoms with Crippen LogP contribution in [0, 0.1) is 0 Å². The summed E-state index contributed by atoms with van der Waals surface area (Å²) in [6.07, 6.45) is 3.09. The molecule has 0 aliphatic rings. The van der Waals surface area contributed by atoms with Gasteiger partial charge < -0.3 is 10.2 Å². The van der Waals surface area contributed by atoms with Gasteiger partial charge in [-0.2, -0.15) is 0 Å². The van der Waals surface area contributed by atoms with Gasteiger partial charge in [-0.05, 0) is 57.3 Å². The summed E-state index contributed by atoms with van der Waals surface area (Å²) >= 11 is 1.11. The van der Waals surface area contributed by atoms with E-state index >= 15 is 0 Å². The first-order valence-electron chi connectivity index (χ1n) is 9.13. The maximum Gasteiger partial charge on any atom is 0.276 e. The van der Waals surface area contributed by atoms with Crippen molar-refractivity contribution < 1.29 is 9.59 Å². The van der Waals surface area contributed by atoms with E-state index < -0.39 is 11.6 Å². The van der Waals surface area contributed by atoms with Crippen LogP contribution in [0.5, 0.6) is 0 Å². The summed E-state index contributed by atoms with van der Waals surface area (Å²) in [4.78, 5) is 32.4. The second kappa shape index (κ2) is 9.03. The lowest BCUT2D eigenvalue weighted by atomic mass is 9.99. The zero-order chi connectivity index (χ0) is 20.0. The highest BCUT2D eigenvalue weighted by atomic mass is 32.1. The van der Waals surface area contributed by atoms with Crippen molar-refractivity contribution in [2.24, 2.45) is 0 Å². The first-order chi connectivity index (χ1) is 12.8. The molecule has 2 heterocycles. The summed E-state index contributed by atoms with van der Waals surface area (Å²) in [5, 5.41) is 8.56. The van der Waals surface area contributed by atoms with Gasteiger partial charge in [0.05, 0.1) is 5.69 Å². The molecule has 0 radical (unpaired) electrons. The molecule has 0 saturated heterocycles. The Bertz CT molecular complexity index is 749. The van der Waals surface area contributed by atoms with Crippen molar-refractivity contribution >= 4 is 23.3 Å². The number of amides is 2. The number of nitrogens with one attached hydrogen (secondary N) is 1. The van der Waals surface area contributed by atoms with Crippen LogP contribution in [-0.4, -0.2) is 42.9 Å². The second-order valence-electron chi connectivity index (χ2n) is 7.14. The predicted molar refractivity (Wildman–Crippen MR) is 105 cm³/mol. The number of aromatic nitrogens is 3. The molecular formula is C19H27N5O2S. The minimum atomic E-state index is -0.846. The number of carbonyl (C=O) groups excluding carboxylic acids is 2. The molecule has 0 aliphatic carbocycles. The summed E-state index contributed by atoms with van der Waals surface area (Å²) < 4.78 is 3.79. The molecule has 2 unspecified atom stereocenters. The second-order valence-corrected chi connectivity index (χ2v) is 7.75. The van der Waals surface area contributed by atoms with Crippen molar-refractivity contribution in [2.45, 2.75) is 65.1 Å². The Kier molecular flexibility index (Phi) is 7.01. The van der Waals surface area contributed by atoms with Crippen LogP contribution in [0.3, 0.4) is 0 Å². The largest absolute Gasteiger partial charge is 0.349 e. The Balaban J connectivity index is 2.50. The van der Waals surface area contributed by atoms with Crippen molar-refractivity contribution in [1.29, 1.82) is 0 Å². The first kappa shape index (κ1) is 21.0. The van der Waals surface area contributed by atoms with E-state index in [4.69, 9.17) is 0 Å². The Morgan fingerprint density at radius 1 is 1.30 bits per heavy atom. The highest BCUT2D eigenvalue weighted by molar-refractivity contribution is 7.03. The molecule has 0 aliphatic heterocycles. The highest BCUT2D eigenvalue weighted by Gasteiger charge is 2.38. The molecule has 0 bridgehead atoms. The van der Waals surface area contributed by atoms with Crippen LogP contribution < -0.4 is 5.32 Å². The van der Waals surface area contributed by atoms with Crippen molar-refractivity contribution in [3.05, 3.63) is 41.2 Å². The van der Waals surface area contributed by atoms with E-state index in [1.54, 1.807) is 28.6 Å². The molecule has 146 valence electrons. The minimum Gasteiger partial charge on any atom is -0.349 e. The van der Waals surface area contributed by atoms with E-state index in [-0.39, 0.29) is 23.6 Å². The first-order valence-corrected chi connectivity index (χ1v) is 9.97. The summed E-state index contributed by atoms with van der Waals surface area (Å²) in [6.45, 7) is 9.83. The van der Waals surface area contributed by atoms with Gasteiger partial charge in [0.1, 0.15) is 0 Å². The smallest absolute Gasteiger partial charge is 0.276 e. The van der Waals surface area contributed by atoms with Crippen molar-refractivity contribution in [2.75, 3.05) is 0 Å². The van der Waals surface area contributed by atoms with Gasteiger partial charge in [0.2, 0.25) is 5.91 Å². The van der Waals surface area contributed by atoms with Crippen LogP contribution in [0.4, 0.5) is 0 Å². The topological polar surface area (TPSA) is 88.1 Å². The third kappa shape index (κ3) is 5.09. The fraction of sp³-hybridized carbons (Fsp3) is 0.526. The van der Waals surface area contributed by atoms with Crippen molar-refractivity contribution in [3.8, 4) is 0 Å². The molecule has 1 N–H and O–H groups in total. The van der Waals surface area contributed by atoms with E-state index in [1.807, 2.05) is 40.7 Å². The van der Waals surface area contributed by atoms with Crippen molar-refractivity contribution in [3.63, 3.8) is 0 Å². The maximum absolute atomic E-state index is 13.3. The van der Waals surface area contributed by atoms with E-state index in [2.05, 4.69) is 19.9 Å². The van der Waals surface area contributed by atoms with E-state index in [9.17, 15) is 9.59 Å². The lowest BCUT2D eigenvalue weighted by Crippen LogP contribution is -2.52. The molecule has 2 rings (SSSR count). The van der Waals surface area contributed by atoms with Gasteiger partial charge >= 0.3 is 0 Å². The van der Waals surface area contributed by atoms with Crippen LogP contribution in [0.2, 0.25) is 0 Å². The average Bonchev–Trinajstić information content (AvgIpc) is 3.20. The van der Waals surface area contributed by atoms with Gasteiger partial charge in [0.25, 0.3) is 5.91 Å². The standard InChI is InChI=1S/C19H27N5O2S/c1-6-13(3)24(18(26)15-12-27-23-22-15)16(14-10-8-9-11-20-14)17(25)21-19(4,5)7-2/h8-13,16H,6-7H2,1-5H3,(H,21,25). The fourth-order valence-electron chi connectivity index (χ4n) is 2.59. The van der Waals surface area contributed by atoms with Crippen LogP contribution in [-0.2, 0) is 4.79 Å². The molecule has 27 heavy (non-hydrogen) atoms. The number of pyridine rings is 1. The van der Waals surface area contributed by atoms with Gasteiger partial charge in [-0.1, -0.05) is 24.4 Å². The Labute approximate surface area is 164 Å². The molecule has 2 atom stereocenters. The van der Waals surface area contributed by atoms with Gasteiger partial charge in [-0.25, -0.2) is 0 Å². The molecule has 7 nitrogen and oxygen atoms in total. The zero-order valence-corrected chi connectivity index (χ0v) is 17.3. The van der Waals surface area contributed by atoms with E-state index in [0.29, 0.717) is 12.1 Å². The summed E-state index contributed by atoms with van der Waals surface area (Å²) in [5.41, 5.74) is 0.374. The molecule has 2 aromatic rings. The predicted octanol–water partition coefficient (Wildman–Crippen LogP) is 3.22. The third-order valence-corrected chi connectivity index (χ3v) is 5.22. The van der Waals surface area contributed by atoms with Gasteiger partial charge in [0, 0.05) is 23.2 Å². The van der Waals surface area contributed by atoms with E-state index in [1.165, 1.54) is 0 Å². The molecule has 8 heteroatoms. The number of nitrogens with zero attached hydrogens (tertiary/aromatic N) is 4. The number of carbonyl (C=O) groups is 2. The number of hydrogen-bond donors (Lipinski definition) is 1. The number of hydrogen-bond acceptors (Lipinski definition) is 6. The molecule has 0 fully saturated rings. The quantitative estimate of drug-likeness (QED) is 0.749. The molecule has 2 amide bonds. The third-order valence-electron chi connectivity index (χ3n) is 4.72. The lowest BCUT2D eigenvalue weighted by Gasteiger charge is -2.36. The van der Waals surface area contributed by atoms with Crippen LogP contribution in [0.1, 0.15) is 69.7 Å². The molecule has 0 spiro atoms. The molecule has 0 aromatic carbocycles. The van der Waals surface area contributed by atoms with Crippen LogP contribution in [0.15, 0.2) is 29.8 Å². The fourth-order valence-corrected chi connectivity index (χ4v) is 3.02. The Morgan fingerprint density at radius 2 is 2.04 bits per heavy atom. The molecule has 2 aromatic heterocycles. The zero-order valence-electron chi connectivity index (χ0n) is 16.5. The Hall–Kier alpha value is -2.35. The SMILES string of the molecule is CCC(C)N(C(=O)c1csnn1)C(C(=O)NC(C)(C)CC)c1ccccn1. The lowest BCUT2D eigenvalue weighted by molar-refractivity contribution is -0.128. The monoisotopic (exact) mass is 389 g/mol. The van der Waals surface area contributed by atoms with Gasteiger partial charge in [-0.3, -0.25) is 14.6 Å². The summed E-state index contributed by atoms with van der Waals surface area (Å²) in [7, 11) is 0.